The third-order valence-electron chi connectivity index (χ3n) is 2.75. The zero-order valence-electron chi connectivity index (χ0n) is 11.4. The smallest absolute Gasteiger partial charge is 0.356 e. The zero-order chi connectivity index (χ0) is 14.7. The number of methoxy groups -OCH3 is 2. The van der Waals surface area contributed by atoms with Crippen molar-refractivity contribution in [2.45, 2.75) is 6.92 Å². The van der Waals surface area contributed by atoms with Crippen LogP contribution in [0.3, 0.4) is 0 Å². The lowest BCUT2D eigenvalue weighted by Gasteiger charge is -2.13. The lowest BCUT2D eigenvalue weighted by Crippen LogP contribution is -2.06. The Morgan fingerprint density at radius 3 is 2.65 bits per heavy atom. The first-order valence-corrected chi connectivity index (χ1v) is 6.80. The molecule has 0 atom stereocenters. The van der Waals surface area contributed by atoms with Gasteiger partial charge in [-0.15, -0.1) is 0 Å². The number of ether oxygens (including phenoxy) is 3. The van der Waals surface area contributed by atoms with Crippen molar-refractivity contribution in [1.82, 2.24) is 4.98 Å². The molecule has 0 N–H and O–H groups in total. The van der Waals surface area contributed by atoms with Crippen LogP contribution in [0.4, 0.5) is 0 Å². The van der Waals surface area contributed by atoms with Crippen molar-refractivity contribution >= 4 is 32.8 Å². The number of benzene rings is 1. The lowest BCUT2D eigenvalue weighted by atomic mass is 10.1. The molecule has 6 heteroatoms. The Balaban J connectivity index is 2.80. The number of halogens is 1. The fourth-order valence-electron chi connectivity index (χ4n) is 1.89. The van der Waals surface area contributed by atoms with E-state index in [1.54, 1.807) is 19.2 Å². The maximum Gasteiger partial charge on any atom is 0.356 e. The number of hydrogen-bond donors (Lipinski definition) is 0. The minimum absolute atomic E-state index is 0.180. The van der Waals surface area contributed by atoms with E-state index in [0.29, 0.717) is 23.6 Å². The zero-order valence-corrected chi connectivity index (χ0v) is 13.0. The van der Waals surface area contributed by atoms with Crippen molar-refractivity contribution in [3.63, 3.8) is 0 Å². The van der Waals surface area contributed by atoms with Crippen LogP contribution in [0.25, 0.3) is 10.9 Å². The lowest BCUT2D eigenvalue weighted by molar-refractivity contribution is 0.0594. The topological polar surface area (TPSA) is 57.7 Å². The summed E-state index contributed by atoms with van der Waals surface area (Å²) in [5.41, 5.74) is 0.730. The standard InChI is InChI=1S/C14H14BrNO4/c1-4-20-11-7-9(14(17)19-3)16-13-10(18-2)6-5-8(15)12(11)13/h5-7H,4H2,1-3H3. The van der Waals surface area contributed by atoms with E-state index in [9.17, 15) is 4.79 Å². The highest BCUT2D eigenvalue weighted by atomic mass is 79.9. The molecule has 0 amide bonds. The van der Waals surface area contributed by atoms with Gasteiger partial charge in [-0.1, -0.05) is 0 Å². The number of nitrogens with zero attached hydrogens (tertiary/aromatic N) is 1. The average Bonchev–Trinajstić information content (AvgIpc) is 2.46. The molecule has 106 valence electrons. The largest absolute Gasteiger partial charge is 0.494 e. The minimum Gasteiger partial charge on any atom is -0.494 e. The predicted octanol–water partition coefficient (Wildman–Crippen LogP) is 3.19. The summed E-state index contributed by atoms with van der Waals surface area (Å²) in [7, 11) is 2.86. The Kier molecular flexibility index (Phi) is 4.44. The Morgan fingerprint density at radius 1 is 1.30 bits per heavy atom. The number of aromatic nitrogens is 1. The quantitative estimate of drug-likeness (QED) is 0.800. The SMILES string of the molecule is CCOc1cc(C(=O)OC)nc2c(OC)ccc(Br)c12. The molecule has 0 aliphatic rings. The first-order chi connectivity index (χ1) is 9.62. The summed E-state index contributed by atoms with van der Waals surface area (Å²) in [4.78, 5) is 16.0. The van der Waals surface area contributed by atoms with Gasteiger partial charge < -0.3 is 14.2 Å². The fourth-order valence-corrected chi connectivity index (χ4v) is 2.40. The number of carbonyl (C=O) groups excluding carboxylic acids is 1. The van der Waals surface area contributed by atoms with Crippen molar-refractivity contribution in [2.75, 3.05) is 20.8 Å². The van der Waals surface area contributed by atoms with E-state index < -0.39 is 5.97 Å². The maximum atomic E-state index is 11.7. The van der Waals surface area contributed by atoms with Crippen molar-refractivity contribution < 1.29 is 19.0 Å². The van der Waals surface area contributed by atoms with Gasteiger partial charge in [0, 0.05) is 10.5 Å². The fraction of sp³-hybridized carbons (Fsp3) is 0.286. The third-order valence-corrected chi connectivity index (χ3v) is 3.41. The van der Waals surface area contributed by atoms with Crippen LogP contribution in [0.5, 0.6) is 11.5 Å². The van der Waals surface area contributed by atoms with Crippen LogP contribution in [0.2, 0.25) is 0 Å². The number of hydrogen-bond acceptors (Lipinski definition) is 5. The highest BCUT2D eigenvalue weighted by Gasteiger charge is 2.17. The van der Waals surface area contributed by atoms with E-state index in [-0.39, 0.29) is 5.69 Å². The molecule has 0 spiro atoms. The van der Waals surface area contributed by atoms with Gasteiger partial charge in [-0.2, -0.15) is 0 Å². The molecule has 2 rings (SSSR count). The molecule has 1 aromatic heterocycles. The van der Waals surface area contributed by atoms with Crippen LogP contribution >= 0.6 is 15.9 Å². The molecule has 0 aliphatic carbocycles. The summed E-state index contributed by atoms with van der Waals surface area (Å²) in [5, 5.41) is 0.763. The second-order valence-electron chi connectivity index (χ2n) is 3.90. The van der Waals surface area contributed by atoms with Crippen LogP contribution < -0.4 is 9.47 Å². The van der Waals surface area contributed by atoms with Crippen molar-refractivity contribution in [3.8, 4) is 11.5 Å². The Hall–Kier alpha value is -1.82. The van der Waals surface area contributed by atoms with Gasteiger partial charge in [0.2, 0.25) is 0 Å². The molecule has 20 heavy (non-hydrogen) atoms. The Morgan fingerprint density at radius 2 is 2.05 bits per heavy atom. The summed E-state index contributed by atoms with van der Waals surface area (Å²) in [5.74, 6) is 0.605. The molecule has 0 bridgehead atoms. The average molecular weight is 340 g/mol. The van der Waals surface area contributed by atoms with E-state index >= 15 is 0 Å². The van der Waals surface area contributed by atoms with Gasteiger partial charge in [-0.3, -0.25) is 0 Å². The first kappa shape index (κ1) is 14.6. The van der Waals surface area contributed by atoms with Crippen LogP contribution in [-0.4, -0.2) is 31.8 Å². The molecule has 0 radical (unpaired) electrons. The van der Waals surface area contributed by atoms with Gasteiger partial charge >= 0.3 is 5.97 Å². The molecular formula is C14H14BrNO4. The predicted molar refractivity (Wildman–Crippen MR) is 78.5 cm³/mol. The molecule has 0 aliphatic heterocycles. The summed E-state index contributed by atoms with van der Waals surface area (Å²) in [6, 6.07) is 5.20. The van der Waals surface area contributed by atoms with E-state index in [4.69, 9.17) is 14.2 Å². The number of fused-ring (bicyclic) bond motifs is 1. The van der Waals surface area contributed by atoms with Crippen molar-refractivity contribution in [3.05, 3.63) is 28.4 Å². The highest BCUT2D eigenvalue weighted by Crippen LogP contribution is 2.37. The molecule has 1 heterocycles. The van der Waals surface area contributed by atoms with Crippen molar-refractivity contribution in [2.24, 2.45) is 0 Å². The first-order valence-electron chi connectivity index (χ1n) is 6.00. The molecule has 0 unspecified atom stereocenters. The summed E-state index contributed by atoms with van der Waals surface area (Å²) in [6.07, 6.45) is 0. The van der Waals surface area contributed by atoms with Gasteiger partial charge in [-0.05, 0) is 35.0 Å². The minimum atomic E-state index is -0.519. The molecule has 5 nitrogen and oxygen atoms in total. The van der Waals surface area contributed by atoms with E-state index in [0.717, 1.165) is 9.86 Å². The number of esters is 1. The van der Waals surface area contributed by atoms with Crippen LogP contribution in [0.15, 0.2) is 22.7 Å². The van der Waals surface area contributed by atoms with Gasteiger partial charge in [-0.25, -0.2) is 9.78 Å². The number of carbonyl (C=O) groups is 1. The Bertz CT molecular complexity index is 657. The molecule has 2 aromatic rings. The van der Waals surface area contributed by atoms with Gasteiger partial charge in [0.15, 0.2) is 5.69 Å². The van der Waals surface area contributed by atoms with E-state index in [2.05, 4.69) is 20.9 Å². The highest BCUT2D eigenvalue weighted by molar-refractivity contribution is 9.10. The summed E-state index contributed by atoms with van der Waals surface area (Å²) in [6.45, 7) is 2.35. The van der Waals surface area contributed by atoms with E-state index in [1.807, 2.05) is 13.0 Å². The monoisotopic (exact) mass is 339 g/mol. The second-order valence-corrected chi connectivity index (χ2v) is 4.76. The molecule has 0 saturated carbocycles. The van der Waals surface area contributed by atoms with Crippen LogP contribution in [0.1, 0.15) is 17.4 Å². The summed E-state index contributed by atoms with van der Waals surface area (Å²) >= 11 is 3.47. The normalized spacial score (nSPS) is 10.4. The van der Waals surface area contributed by atoms with Gasteiger partial charge in [0.1, 0.15) is 17.0 Å². The van der Waals surface area contributed by atoms with Crippen molar-refractivity contribution in [1.29, 1.82) is 0 Å². The summed E-state index contributed by atoms with van der Waals surface area (Å²) < 4.78 is 16.4. The molecule has 0 saturated heterocycles. The molecule has 0 fully saturated rings. The third kappa shape index (κ3) is 2.56. The van der Waals surface area contributed by atoms with Crippen LogP contribution in [-0.2, 0) is 4.74 Å². The van der Waals surface area contributed by atoms with Crippen LogP contribution in [0, 0.1) is 0 Å². The number of pyridine rings is 1. The molecule has 1 aromatic carbocycles. The Labute approximate surface area is 125 Å². The molecular weight excluding hydrogens is 326 g/mol. The second kappa shape index (κ2) is 6.09. The maximum absolute atomic E-state index is 11.7. The van der Waals surface area contributed by atoms with E-state index in [1.165, 1.54) is 7.11 Å². The van der Waals surface area contributed by atoms with Gasteiger partial charge in [0.05, 0.1) is 26.2 Å². The number of rotatable bonds is 4. The van der Waals surface area contributed by atoms with Gasteiger partial charge in [0.25, 0.3) is 0 Å².